The number of rotatable bonds is 3. The molecule has 0 amide bonds. The van der Waals surface area contributed by atoms with Crippen molar-refractivity contribution in [1.82, 2.24) is 0 Å². The van der Waals surface area contributed by atoms with Gasteiger partial charge in [-0.2, -0.15) is 0 Å². The Kier molecular flexibility index (Phi) is 3.75. The highest BCUT2D eigenvalue weighted by molar-refractivity contribution is 9.09. The van der Waals surface area contributed by atoms with Gasteiger partial charge in [0.2, 0.25) is 0 Å². The van der Waals surface area contributed by atoms with Gasteiger partial charge in [0.15, 0.2) is 0 Å². The van der Waals surface area contributed by atoms with Crippen LogP contribution in [0.2, 0.25) is 0 Å². The van der Waals surface area contributed by atoms with Crippen LogP contribution in [0.3, 0.4) is 0 Å². The third-order valence-corrected chi connectivity index (χ3v) is 3.62. The summed E-state index contributed by atoms with van der Waals surface area (Å²) in [5.41, 5.74) is 0. The van der Waals surface area contributed by atoms with E-state index < -0.39 is 0 Å². The molecule has 1 rings (SSSR count). The maximum absolute atomic E-state index is 3.59. The number of alkyl halides is 1. The summed E-state index contributed by atoms with van der Waals surface area (Å²) >= 11 is 3.59. The zero-order valence-corrected chi connectivity index (χ0v) is 8.36. The fraction of sp³-hybridized carbons (Fsp3) is 1.00. The van der Waals surface area contributed by atoms with Crippen LogP contribution < -0.4 is 0 Å². The van der Waals surface area contributed by atoms with Crippen molar-refractivity contribution in [2.24, 2.45) is 11.8 Å². The molecule has 0 unspecified atom stereocenters. The SMILES string of the molecule is CC[C@@H](CBr)C1CCCC1. The van der Waals surface area contributed by atoms with Crippen LogP contribution in [0, 0.1) is 11.8 Å². The molecule has 0 aromatic heterocycles. The lowest BCUT2D eigenvalue weighted by molar-refractivity contribution is 0.365. The molecule has 0 heterocycles. The third-order valence-electron chi connectivity index (χ3n) is 2.79. The molecule has 1 atom stereocenters. The quantitative estimate of drug-likeness (QED) is 0.617. The van der Waals surface area contributed by atoms with Gasteiger partial charge < -0.3 is 0 Å². The van der Waals surface area contributed by atoms with E-state index in [1.807, 2.05) is 0 Å². The molecular weight excluding hydrogens is 188 g/mol. The molecule has 10 heavy (non-hydrogen) atoms. The second-order valence-electron chi connectivity index (χ2n) is 3.37. The van der Waals surface area contributed by atoms with Crippen molar-refractivity contribution in [3.63, 3.8) is 0 Å². The molecule has 0 bridgehead atoms. The fourth-order valence-corrected chi connectivity index (χ4v) is 2.98. The number of hydrogen-bond donors (Lipinski definition) is 0. The highest BCUT2D eigenvalue weighted by atomic mass is 79.9. The Morgan fingerprint density at radius 3 is 2.40 bits per heavy atom. The van der Waals surface area contributed by atoms with Gasteiger partial charge in [-0.3, -0.25) is 0 Å². The molecule has 0 spiro atoms. The van der Waals surface area contributed by atoms with Crippen molar-refractivity contribution in [2.45, 2.75) is 39.0 Å². The van der Waals surface area contributed by atoms with Gasteiger partial charge in [0, 0.05) is 5.33 Å². The Morgan fingerprint density at radius 1 is 1.40 bits per heavy atom. The molecule has 0 saturated heterocycles. The van der Waals surface area contributed by atoms with Crippen molar-refractivity contribution < 1.29 is 0 Å². The van der Waals surface area contributed by atoms with Crippen LogP contribution in [0.15, 0.2) is 0 Å². The van der Waals surface area contributed by atoms with Crippen LogP contribution in [0.4, 0.5) is 0 Å². The predicted molar refractivity (Wildman–Crippen MR) is 49.5 cm³/mol. The minimum Gasteiger partial charge on any atom is -0.0925 e. The van der Waals surface area contributed by atoms with E-state index in [0.29, 0.717) is 0 Å². The van der Waals surface area contributed by atoms with E-state index in [-0.39, 0.29) is 0 Å². The summed E-state index contributed by atoms with van der Waals surface area (Å²) in [5, 5.41) is 1.22. The van der Waals surface area contributed by atoms with Crippen LogP contribution in [0.25, 0.3) is 0 Å². The molecule has 1 heteroatoms. The van der Waals surface area contributed by atoms with E-state index in [1.54, 1.807) is 0 Å². The second kappa shape index (κ2) is 4.38. The summed E-state index contributed by atoms with van der Waals surface area (Å²) in [6, 6.07) is 0. The van der Waals surface area contributed by atoms with Gasteiger partial charge in [-0.05, 0) is 11.8 Å². The van der Waals surface area contributed by atoms with Gasteiger partial charge in [-0.1, -0.05) is 55.0 Å². The first-order valence-electron chi connectivity index (χ1n) is 4.44. The van der Waals surface area contributed by atoms with Crippen LogP contribution in [0.5, 0.6) is 0 Å². The molecule has 0 radical (unpaired) electrons. The first-order chi connectivity index (χ1) is 4.88. The third kappa shape index (κ3) is 1.98. The zero-order chi connectivity index (χ0) is 7.40. The van der Waals surface area contributed by atoms with Gasteiger partial charge in [-0.15, -0.1) is 0 Å². The number of halogens is 1. The predicted octanol–water partition coefficient (Wildman–Crippen LogP) is 3.60. The standard InChI is InChI=1S/C9H17Br/c1-2-8(7-10)9-5-3-4-6-9/h8-9H,2-7H2,1H3/t8-/m0/s1. The largest absolute Gasteiger partial charge is 0.0925 e. The summed E-state index contributed by atoms with van der Waals surface area (Å²) in [6.07, 6.45) is 7.30. The molecule has 1 aliphatic carbocycles. The summed E-state index contributed by atoms with van der Waals surface area (Å²) in [6.45, 7) is 2.31. The topological polar surface area (TPSA) is 0 Å². The first kappa shape index (κ1) is 8.58. The van der Waals surface area contributed by atoms with Crippen molar-refractivity contribution in [1.29, 1.82) is 0 Å². The average Bonchev–Trinajstić information content (AvgIpc) is 2.43. The maximum Gasteiger partial charge on any atom is 0.00622 e. The molecular formula is C9H17Br. The van der Waals surface area contributed by atoms with Crippen LogP contribution in [0.1, 0.15) is 39.0 Å². The van der Waals surface area contributed by atoms with Crippen LogP contribution >= 0.6 is 15.9 Å². The molecule has 1 aliphatic rings. The van der Waals surface area contributed by atoms with Crippen molar-refractivity contribution >= 4 is 15.9 Å². The molecule has 60 valence electrons. The lowest BCUT2D eigenvalue weighted by atomic mass is 9.91. The van der Waals surface area contributed by atoms with E-state index >= 15 is 0 Å². The Bertz CT molecular complexity index is 80.7. The highest BCUT2D eigenvalue weighted by Crippen LogP contribution is 2.33. The van der Waals surface area contributed by atoms with E-state index in [9.17, 15) is 0 Å². The monoisotopic (exact) mass is 204 g/mol. The smallest absolute Gasteiger partial charge is 0.00622 e. The van der Waals surface area contributed by atoms with Gasteiger partial charge in [0.25, 0.3) is 0 Å². The van der Waals surface area contributed by atoms with Crippen LogP contribution in [-0.2, 0) is 0 Å². The summed E-state index contributed by atoms with van der Waals surface area (Å²) < 4.78 is 0. The average molecular weight is 205 g/mol. The number of hydrogen-bond acceptors (Lipinski definition) is 0. The molecule has 1 saturated carbocycles. The van der Waals surface area contributed by atoms with Gasteiger partial charge in [0.1, 0.15) is 0 Å². The second-order valence-corrected chi connectivity index (χ2v) is 4.01. The Labute approximate surface area is 72.5 Å². The highest BCUT2D eigenvalue weighted by Gasteiger charge is 2.22. The minimum absolute atomic E-state index is 0.961. The molecule has 1 fully saturated rings. The molecule has 0 N–H and O–H groups in total. The van der Waals surface area contributed by atoms with Crippen molar-refractivity contribution in [3.8, 4) is 0 Å². The maximum atomic E-state index is 3.59. The molecule has 0 nitrogen and oxygen atoms in total. The Balaban J connectivity index is 2.29. The first-order valence-corrected chi connectivity index (χ1v) is 5.56. The lowest BCUT2D eigenvalue weighted by Crippen LogP contribution is -2.11. The van der Waals surface area contributed by atoms with E-state index in [0.717, 1.165) is 11.8 Å². The zero-order valence-electron chi connectivity index (χ0n) is 6.78. The summed E-state index contributed by atoms with van der Waals surface area (Å²) in [4.78, 5) is 0. The van der Waals surface area contributed by atoms with Gasteiger partial charge >= 0.3 is 0 Å². The Morgan fingerprint density at radius 2 is 2.00 bits per heavy atom. The molecule has 0 aliphatic heterocycles. The summed E-state index contributed by atoms with van der Waals surface area (Å²) in [5.74, 6) is 2.01. The Hall–Kier alpha value is 0.480. The molecule has 0 aromatic carbocycles. The lowest BCUT2D eigenvalue weighted by Gasteiger charge is -2.18. The van der Waals surface area contributed by atoms with E-state index in [4.69, 9.17) is 0 Å². The fourth-order valence-electron chi connectivity index (χ4n) is 2.00. The van der Waals surface area contributed by atoms with Crippen molar-refractivity contribution in [2.75, 3.05) is 5.33 Å². The van der Waals surface area contributed by atoms with Gasteiger partial charge in [-0.25, -0.2) is 0 Å². The van der Waals surface area contributed by atoms with E-state index in [1.165, 1.54) is 37.4 Å². The van der Waals surface area contributed by atoms with Crippen LogP contribution in [-0.4, -0.2) is 5.33 Å². The normalized spacial score (nSPS) is 23.4. The minimum atomic E-state index is 0.961. The van der Waals surface area contributed by atoms with Crippen molar-refractivity contribution in [3.05, 3.63) is 0 Å². The van der Waals surface area contributed by atoms with E-state index in [2.05, 4.69) is 22.9 Å². The molecule has 0 aromatic rings. The summed E-state index contributed by atoms with van der Waals surface area (Å²) in [7, 11) is 0. The van der Waals surface area contributed by atoms with Gasteiger partial charge in [0.05, 0.1) is 0 Å².